The minimum atomic E-state index is -0.0293. The summed E-state index contributed by atoms with van der Waals surface area (Å²) in [5.41, 5.74) is 5.90. The first-order valence-electron chi connectivity index (χ1n) is 10.1. The van der Waals surface area contributed by atoms with E-state index in [4.69, 9.17) is 0 Å². The summed E-state index contributed by atoms with van der Waals surface area (Å²) >= 11 is 3.29. The van der Waals surface area contributed by atoms with Crippen LogP contribution in [-0.2, 0) is 24.2 Å². The maximum Gasteiger partial charge on any atom is 0.234 e. The van der Waals surface area contributed by atoms with Gasteiger partial charge in [0.15, 0.2) is 11.0 Å². The van der Waals surface area contributed by atoms with Crippen molar-refractivity contribution in [3.63, 3.8) is 0 Å². The van der Waals surface area contributed by atoms with Gasteiger partial charge in [0, 0.05) is 28.1 Å². The first-order valence-corrected chi connectivity index (χ1v) is 12.0. The largest absolute Gasteiger partial charge is 0.325 e. The van der Waals surface area contributed by atoms with E-state index in [2.05, 4.69) is 39.3 Å². The van der Waals surface area contributed by atoms with E-state index in [0.29, 0.717) is 5.75 Å². The predicted octanol–water partition coefficient (Wildman–Crippen LogP) is 5.25. The molecule has 0 fully saturated rings. The van der Waals surface area contributed by atoms with Crippen LogP contribution < -0.4 is 5.32 Å². The molecule has 0 aliphatic heterocycles. The second kappa shape index (κ2) is 8.71. The van der Waals surface area contributed by atoms with Crippen LogP contribution in [0.25, 0.3) is 11.4 Å². The molecular formula is C22H26N4OS2. The summed E-state index contributed by atoms with van der Waals surface area (Å²) in [6.07, 6.45) is 4.84. The van der Waals surface area contributed by atoms with Crippen LogP contribution in [0.1, 0.15) is 41.3 Å². The summed E-state index contributed by atoms with van der Waals surface area (Å²) in [5, 5.41) is 14.9. The minimum absolute atomic E-state index is 0.0293. The van der Waals surface area contributed by atoms with Crippen LogP contribution in [0.4, 0.5) is 5.69 Å². The van der Waals surface area contributed by atoms with Crippen molar-refractivity contribution in [3.05, 3.63) is 45.1 Å². The van der Waals surface area contributed by atoms with E-state index in [0.717, 1.165) is 29.6 Å². The molecule has 1 N–H and O–H groups in total. The lowest BCUT2D eigenvalue weighted by Crippen LogP contribution is -2.14. The number of fused-ring (bicyclic) bond motifs is 1. The molecule has 0 saturated heterocycles. The van der Waals surface area contributed by atoms with Gasteiger partial charge in [-0.25, -0.2) is 0 Å². The summed E-state index contributed by atoms with van der Waals surface area (Å²) in [6.45, 7) is 7.00. The van der Waals surface area contributed by atoms with E-state index < -0.39 is 0 Å². The molecule has 7 heteroatoms. The van der Waals surface area contributed by atoms with Gasteiger partial charge in [-0.3, -0.25) is 4.79 Å². The van der Waals surface area contributed by atoms with E-state index in [-0.39, 0.29) is 5.91 Å². The number of anilines is 1. The average Bonchev–Trinajstić information content (AvgIpc) is 3.32. The van der Waals surface area contributed by atoms with Crippen molar-refractivity contribution in [1.29, 1.82) is 0 Å². The fourth-order valence-electron chi connectivity index (χ4n) is 3.71. The molecule has 5 nitrogen and oxygen atoms in total. The fraction of sp³-hybridized carbons (Fsp3) is 0.409. The Morgan fingerprint density at radius 1 is 1.21 bits per heavy atom. The van der Waals surface area contributed by atoms with Gasteiger partial charge in [-0.1, -0.05) is 17.8 Å². The van der Waals surface area contributed by atoms with Gasteiger partial charge in [0.2, 0.25) is 5.91 Å². The van der Waals surface area contributed by atoms with Crippen molar-refractivity contribution in [1.82, 2.24) is 14.8 Å². The Bertz CT molecular complexity index is 1040. The lowest BCUT2D eigenvalue weighted by molar-refractivity contribution is -0.113. The Morgan fingerprint density at radius 2 is 2.03 bits per heavy atom. The van der Waals surface area contributed by atoms with Gasteiger partial charge in [0.25, 0.3) is 0 Å². The summed E-state index contributed by atoms with van der Waals surface area (Å²) in [4.78, 5) is 13.9. The Balaban J connectivity index is 1.46. The van der Waals surface area contributed by atoms with Crippen molar-refractivity contribution in [3.8, 4) is 11.4 Å². The Kier molecular flexibility index (Phi) is 6.06. The van der Waals surface area contributed by atoms with E-state index in [1.165, 1.54) is 58.2 Å². The van der Waals surface area contributed by atoms with Crippen LogP contribution in [0.3, 0.4) is 0 Å². The first kappa shape index (κ1) is 20.2. The lowest BCUT2D eigenvalue weighted by Gasteiger charge is -2.13. The minimum Gasteiger partial charge on any atom is -0.325 e. The molecular weight excluding hydrogens is 400 g/mol. The van der Waals surface area contributed by atoms with Crippen LogP contribution in [0, 0.1) is 13.8 Å². The Morgan fingerprint density at radius 3 is 2.83 bits per heavy atom. The topological polar surface area (TPSA) is 59.8 Å². The lowest BCUT2D eigenvalue weighted by atomic mass is 9.96. The Labute approximate surface area is 179 Å². The van der Waals surface area contributed by atoms with Crippen molar-refractivity contribution in [2.75, 3.05) is 11.1 Å². The number of hydrogen-bond donors (Lipinski definition) is 1. The van der Waals surface area contributed by atoms with Gasteiger partial charge in [0.05, 0.1) is 5.75 Å². The highest BCUT2D eigenvalue weighted by atomic mass is 32.2. The van der Waals surface area contributed by atoms with Gasteiger partial charge in [-0.05, 0) is 75.3 Å². The molecule has 29 heavy (non-hydrogen) atoms. The molecule has 3 aromatic rings. The SMILES string of the molecule is CCn1c(SCC(=O)Nc2ccc(C)c(C)c2)nnc1-c1csc2c1CCCC2. The number of carbonyl (C=O) groups is 1. The number of aromatic nitrogens is 3. The summed E-state index contributed by atoms with van der Waals surface area (Å²) < 4.78 is 2.13. The standard InChI is InChI=1S/C22H26N4OS2/c1-4-26-21(18-12-28-19-8-6-5-7-17(18)19)24-25-22(26)29-13-20(27)23-16-10-9-14(2)15(3)11-16/h9-12H,4-8,13H2,1-3H3,(H,23,27). The molecule has 152 valence electrons. The third kappa shape index (κ3) is 4.26. The van der Waals surface area contributed by atoms with Gasteiger partial charge in [-0.2, -0.15) is 0 Å². The molecule has 1 aliphatic carbocycles. The number of carbonyl (C=O) groups excluding carboxylic acids is 1. The van der Waals surface area contributed by atoms with Crippen LogP contribution >= 0.6 is 23.1 Å². The number of thiophene rings is 1. The maximum absolute atomic E-state index is 12.4. The molecule has 2 aromatic heterocycles. The van der Waals surface area contributed by atoms with Gasteiger partial charge in [-0.15, -0.1) is 21.5 Å². The first-order chi connectivity index (χ1) is 14.1. The number of amides is 1. The van der Waals surface area contributed by atoms with Crippen molar-refractivity contribution >= 4 is 34.7 Å². The van der Waals surface area contributed by atoms with Crippen LogP contribution in [0.15, 0.2) is 28.7 Å². The number of rotatable bonds is 6. The van der Waals surface area contributed by atoms with E-state index in [1.54, 1.807) is 0 Å². The normalized spacial score (nSPS) is 13.3. The van der Waals surface area contributed by atoms with E-state index >= 15 is 0 Å². The van der Waals surface area contributed by atoms with Crippen LogP contribution in [0.2, 0.25) is 0 Å². The highest BCUT2D eigenvalue weighted by Gasteiger charge is 2.22. The van der Waals surface area contributed by atoms with Crippen molar-refractivity contribution < 1.29 is 4.79 Å². The number of nitrogens with zero attached hydrogens (tertiary/aromatic N) is 3. The fourth-order valence-corrected chi connectivity index (χ4v) is 5.63. The quantitative estimate of drug-likeness (QED) is 0.547. The van der Waals surface area contributed by atoms with E-state index in [1.807, 2.05) is 36.5 Å². The molecule has 0 unspecified atom stereocenters. The molecule has 0 spiro atoms. The number of aryl methyl sites for hydroxylation is 3. The van der Waals surface area contributed by atoms with E-state index in [9.17, 15) is 4.79 Å². The molecule has 2 heterocycles. The molecule has 4 rings (SSSR count). The zero-order valence-electron chi connectivity index (χ0n) is 17.1. The Hall–Kier alpha value is -2.12. The molecule has 0 saturated carbocycles. The number of benzene rings is 1. The summed E-state index contributed by atoms with van der Waals surface area (Å²) in [5.74, 6) is 1.22. The molecule has 0 radical (unpaired) electrons. The highest BCUT2D eigenvalue weighted by Crippen LogP contribution is 2.36. The molecule has 1 aromatic carbocycles. The van der Waals surface area contributed by atoms with Gasteiger partial charge in [0.1, 0.15) is 0 Å². The number of hydrogen-bond acceptors (Lipinski definition) is 5. The molecule has 1 amide bonds. The third-order valence-electron chi connectivity index (χ3n) is 5.46. The van der Waals surface area contributed by atoms with Gasteiger partial charge < -0.3 is 9.88 Å². The number of thioether (sulfide) groups is 1. The third-order valence-corrected chi connectivity index (χ3v) is 7.51. The highest BCUT2D eigenvalue weighted by molar-refractivity contribution is 7.99. The molecule has 1 aliphatic rings. The van der Waals surface area contributed by atoms with Crippen molar-refractivity contribution in [2.45, 2.75) is 58.2 Å². The second-order valence-corrected chi connectivity index (χ2v) is 9.35. The van der Waals surface area contributed by atoms with Crippen LogP contribution in [0.5, 0.6) is 0 Å². The predicted molar refractivity (Wildman–Crippen MR) is 121 cm³/mol. The summed E-state index contributed by atoms with van der Waals surface area (Å²) in [6, 6.07) is 5.97. The monoisotopic (exact) mass is 426 g/mol. The molecule has 0 atom stereocenters. The molecule has 0 bridgehead atoms. The maximum atomic E-state index is 12.4. The second-order valence-electron chi connectivity index (χ2n) is 7.44. The summed E-state index contributed by atoms with van der Waals surface area (Å²) in [7, 11) is 0. The van der Waals surface area contributed by atoms with Crippen molar-refractivity contribution in [2.24, 2.45) is 0 Å². The smallest absolute Gasteiger partial charge is 0.234 e. The van der Waals surface area contributed by atoms with Gasteiger partial charge >= 0.3 is 0 Å². The zero-order valence-corrected chi connectivity index (χ0v) is 18.8. The number of nitrogens with one attached hydrogen (secondary N) is 1. The zero-order chi connectivity index (χ0) is 20.4. The van der Waals surface area contributed by atoms with Crippen LogP contribution in [-0.4, -0.2) is 26.4 Å². The average molecular weight is 427 g/mol.